The van der Waals surface area contributed by atoms with Gasteiger partial charge in [-0.15, -0.1) is 13.2 Å². The topological polar surface area (TPSA) is 190 Å². The SMILES string of the molecule is O=C(Nc1ccc(OC(F)(F)F)cc1)c1cnc(N2CCC(OCCOCCOCCOCCNC(=O)C3CC4CC3C(O)C4O)C2)c(-c2ccn[nH]2)c1. The van der Waals surface area contributed by atoms with Crippen LogP contribution in [0.4, 0.5) is 24.7 Å². The Hall–Kier alpha value is -4.33. The first kappa shape index (κ1) is 39.4. The van der Waals surface area contributed by atoms with Crippen LogP contribution in [0.1, 0.15) is 29.6 Å². The summed E-state index contributed by atoms with van der Waals surface area (Å²) in [7, 11) is 0. The number of halogens is 3. The average Bonchev–Trinajstić information content (AvgIpc) is 3.98. The molecule has 18 heteroatoms. The van der Waals surface area contributed by atoms with Crippen LogP contribution in [0, 0.1) is 17.8 Å². The zero-order valence-corrected chi connectivity index (χ0v) is 29.5. The molecule has 2 saturated carbocycles. The standard InChI is InChI=1S/C36H45F3N6O9/c37-36(38,39)54-25-3-1-24(2-4-25)43-34(48)23-19-29(30-5-7-42-44-30)33(41-20-23)45-9-6-26(21-45)53-16-15-52-14-13-51-12-11-50-10-8-40-35(49)28-18-22-17-27(28)32(47)31(22)46/h1-5,7,19-20,22,26-28,31-32,46-47H,6,8-18,21H2,(H,40,49)(H,42,44)(H,43,48). The second kappa shape index (κ2) is 18.3. The van der Waals surface area contributed by atoms with E-state index in [0.29, 0.717) is 95.8 Å². The summed E-state index contributed by atoms with van der Waals surface area (Å²) in [5, 5.41) is 32.4. The van der Waals surface area contributed by atoms with Crippen molar-refractivity contribution in [2.75, 3.05) is 76.1 Å². The van der Waals surface area contributed by atoms with E-state index < -0.39 is 30.2 Å². The summed E-state index contributed by atoms with van der Waals surface area (Å²) in [6.07, 6.45) is -1.27. The zero-order chi connectivity index (χ0) is 38.1. The van der Waals surface area contributed by atoms with Gasteiger partial charge in [0.05, 0.1) is 75.8 Å². The second-order valence-corrected chi connectivity index (χ2v) is 13.4. The maximum atomic E-state index is 13.0. The van der Waals surface area contributed by atoms with Gasteiger partial charge in [-0.05, 0) is 67.5 Å². The molecule has 294 valence electrons. The predicted octanol–water partition coefficient (Wildman–Crippen LogP) is 2.76. The van der Waals surface area contributed by atoms with Gasteiger partial charge < -0.3 is 49.4 Å². The minimum Gasteiger partial charge on any atom is -0.406 e. The molecule has 15 nitrogen and oxygen atoms in total. The summed E-state index contributed by atoms with van der Waals surface area (Å²) in [4.78, 5) is 32.1. The Bertz CT molecular complexity index is 1660. The minimum absolute atomic E-state index is 0.00621. The van der Waals surface area contributed by atoms with Gasteiger partial charge in [-0.1, -0.05) is 0 Å². The first-order valence-corrected chi connectivity index (χ1v) is 18.0. The summed E-state index contributed by atoms with van der Waals surface area (Å²) >= 11 is 0. The Kier molecular flexibility index (Phi) is 13.4. The van der Waals surface area contributed by atoms with Crippen LogP contribution in [0.15, 0.2) is 48.8 Å². The van der Waals surface area contributed by atoms with Crippen LogP contribution in [0.3, 0.4) is 0 Å². The number of benzene rings is 1. The number of aromatic nitrogens is 3. The highest BCUT2D eigenvalue weighted by atomic mass is 19.4. The molecule has 6 unspecified atom stereocenters. The Morgan fingerprint density at radius 3 is 2.33 bits per heavy atom. The molecule has 0 spiro atoms. The Morgan fingerprint density at radius 1 is 0.944 bits per heavy atom. The number of aliphatic hydroxyl groups excluding tert-OH is 2. The third kappa shape index (κ3) is 10.5. The van der Waals surface area contributed by atoms with E-state index in [0.717, 1.165) is 18.6 Å². The summed E-state index contributed by atoms with van der Waals surface area (Å²) < 4.78 is 64.0. The van der Waals surface area contributed by atoms with Gasteiger partial charge in [0.15, 0.2) is 0 Å². The van der Waals surface area contributed by atoms with E-state index in [1.165, 1.54) is 18.3 Å². The van der Waals surface area contributed by atoms with Gasteiger partial charge in [0.25, 0.3) is 5.91 Å². The molecule has 3 aliphatic rings. The van der Waals surface area contributed by atoms with Crippen molar-refractivity contribution in [3.63, 3.8) is 0 Å². The van der Waals surface area contributed by atoms with Crippen LogP contribution in [-0.2, 0) is 23.7 Å². The van der Waals surface area contributed by atoms with E-state index in [1.54, 1.807) is 18.3 Å². The van der Waals surface area contributed by atoms with Gasteiger partial charge in [0, 0.05) is 49.2 Å². The number of anilines is 2. The van der Waals surface area contributed by atoms with Crippen molar-refractivity contribution in [1.29, 1.82) is 0 Å². The van der Waals surface area contributed by atoms with Gasteiger partial charge >= 0.3 is 6.36 Å². The molecule has 2 aliphatic carbocycles. The molecule has 5 N–H and O–H groups in total. The number of aliphatic hydroxyl groups is 2. The summed E-state index contributed by atoms with van der Waals surface area (Å²) in [5.41, 5.74) is 1.85. The number of pyridine rings is 1. The fraction of sp³-hybridized carbons (Fsp3) is 0.556. The lowest BCUT2D eigenvalue weighted by Crippen LogP contribution is -2.43. The number of hydrogen-bond donors (Lipinski definition) is 5. The average molecular weight is 763 g/mol. The molecule has 1 aliphatic heterocycles. The van der Waals surface area contributed by atoms with Crippen molar-refractivity contribution in [3.8, 4) is 17.0 Å². The van der Waals surface area contributed by atoms with E-state index in [2.05, 4.69) is 35.5 Å². The predicted molar refractivity (Wildman–Crippen MR) is 187 cm³/mol. The lowest BCUT2D eigenvalue weighted by molar-refractivity contribution is -0.274. The number of carbonyl (C=O) groups is 2. The third-order valence-electron chi connectivity index (χ3n) is 9.84. The van der Waals surface area contributed by atoms with Crippen molar-refractivity contribution in [2.24, 2.45) is 17.8 Å². The molecule has 3 heterocycles. The number of amides is 2. The monoisotopic (exact) mass is 762 g/mol. The number of aromatic amines is 1. The van der Waals surface area contributed by atoms with Crippen LogP contribution in [0.25, 0.3) is 11.3 Å². The highest BCUT2D eigenvalue weighted by Gasteiger charge is 2.53. The minimum atomic E-state index is -4.81. The lowest BCUT2D eigenvalue weighted by Gasteiger charge is -2.28. The van der Waals surface area contributed by atoms with Crippen LogP contribution in [0.5, 0.6) is 5.75 Å². The largest absolute Gasteiger partial charge is 0.573 e. The Morgan fingerprint density at radius 2 is 1.67 bits per heavy atom. The molecule has 2 aromatic heterocycles. The van der Waals surface area contributed by atoms with Gasteiger partial charge in [-0.2, -0.15) is 5.10 Å². The van der Waals surface area contributed by atoms with Crippen LogP contribution in [-0.4, -0.2) is 128 Å². The smallest absolute Gasteiger partial charge is 0.406 e. The summed E-state index contributed by atoms with van der Waals surface area (Å²) in [5.74, 6) is -0.742. The van der Waals surface area contributed by atoms with Crippen LogP contribution >= 0.6 is 0 Å². The first-order valence-electron chi connectivity index (χ1n) is 18.0. The van der Waals surface area contributed by atoms with Gasteiger partial charge in [-0.3, -0.25) is 14.7 Å². The lowest BCUT2D eigenvalue weighted by atomic mass is 9.84. The maximum absolute atomic E-state index is 13.0. The number of H-pyrrole nitrogens is 1. The Balaban J connectivity index is 0.838. The molecule has 6 atom stereocenters. The zero-order valence-electron chi connectivity index (χ0n) is 29.5. The fourth-order valence-corrected chi connectivity index (χ4v) is 7.23. The van der Waals surface area contributed by atoms with E-state index >= 15 is 0 Å². The number of ether oxygens (including phenoxy) is 5. The number of hydrogen-bond acceptors (Lipinski definition) is 12. The number of fused-ring (bicyclic) bond motifs is 2. The number of alkyl halides is 3. The van der Waals surface area contributed by atoms with Crippen molar-refractivity contribution in [3.05, 3.63) is 54.4 Å². The van der Waals surface area contributed by atoms with E-state index in [9.17, 15) is 33.0 Å². The van der Waals surface area contributed by atoms with E-state index in [4.69, 9.17) is 18.9 Å². The van der Waals surface area contributed by atoms with Crippen molar-refractivity contribution >= 4 is 23.3 Å². The molecular formula is C36H45F3N6O9. The summed E-state index contributed by atoms with van der Waals surface area (Å²) in [6, 6.07) is 8.30. The van der Waals surface area contributed by atoms with Crippen molar-refractivity contribution in [2.45, 2.75) is 43.9 Å². The number of nitrogens with one attached hydrogen (secondary N) is 3. The highest BCUT2D eigenvalue weighted by molar-refractivity contribution is 6.05. The first-order chi connectivity index (χ1) is 26.1. The molecular weight excluding hydrogens is 717 g/mol. The molecule has 3 fully saturated rings. The van der Waals surface area contributed by atoms with Gasteiger partial charge in [0.2, 0.25) is 5.91 Å². The fourth-order valence-electron chi connectivity index (χ4n) is 7.23. The molecule has 1 saturated heterocycles. The van der Waals surface area contributed by atoms with Crippen molar-refractivity contribution < 1.29 is 56.7 Å². The number of nitrogens with zero attached hydrogens (tertiary/aromatic N) is 3. The highest BCUT2D eigenvalue weighted by Crippen LogP contribution is 2.48. The molecule has 1 aromatic carbocycles. The van der Waals surface area contributed by atoms with Gasteiger partial charge in [0.1, 0.15) is 11.6 Å². The molecule has 3 aromatic rings. The van der Waals surface area contributed by atoms with Gasteiger partial charge in [-0.25, -0.2) is 4.98 Å². The normalized spacial score (nSPS) is 23.5. The van der Waals surface area contributed by atoms with E-state index in [-0.39, 0.29) is 41.0 Å². The number of rotatable bonds is 19. The second-order valence-electron chi connectivity index (χ2n) is 13.4. The van der Waals surface area contributed by atoms with Crippen molar-refractivity contribution in [1.82, 2.24) is 20.5 Å². The molecule has 0 radical (unpaired) electrons. The Labute approximate surface area is 309 Å². The van der Waals surface area contributed by atoms with Crippen LogP contribution in [0.2, 0.25) is 0 Å². The molecule has 54 heavy (non-hydrogen) atoms. The molecule has 2 bridgehead atoms. The third-order valence-corrected chi connectivity index (χ3v) is 9.84. The summed E-state index contributed by atoms with van der Waals surface area (Å²) in [6.45, 7) is 4.34. The number of carbonyl (C=O) groups excluding carboxylic acids is 2. The maximum Gasteiger partial charge on any atom is 0.573 e. The quantitative estimate of drug-likeness (QED) is 0.113. The van der Waals surface area contributed by atoms with Crippen LogP contribution < -0.4 is 20.3 Å². The molecule has 6 rings (SSSR count). The van der Waals surface area contributed by atoms with E-state index in [1.807, 2.05) is 0 Å². The molecule has 2 amide bonds.